The van der Waals surface area contributed by atoms with Crippen LogP contribution in [0.25, 0.3) is 0 Å². The first-order chi connectivity index (χ1) is 10.1. The summed E-state index contributed by atoms with van der Waals surface area (Å²) in [6, 6.07) is 6.91. The molecule has 1 aromatic carbocycles. The number of alkyl halides is 3. The zero-order valence-corrected chi connectivity index (χ0v) is 12.6. The van der Waals surface area contributed by atoms with Crippen molar-refractivity contribution in [3.05, 3.63) is 35.4 Å². The predicted octanol–water partition coefficient (Wildman–Crippen LogP) is 4.24. The zero-order valence-electron chi connectivity index (χ0n) is 12.6. The van der Waals surface area contributed by atoms with Crippen molar-refractivity contribution in [2.75, 3.05) is 6.61 Å². The van der Waals surface area contributed by atoms with Gasteiger partial charge < -0.3 is 9.47 Å². The molecule has 0 unspecified atom stereocenters. The van der Waals surface area contributed by atoms with Crippen LogP contribution in [0.1, 0.15) is 44.1 Å². The second-order valence-electron chi connectivity index (χ2n) is 6.34. The van der Waals surface area contributed by atoms with E-state index >= 15 is 0 Å². The topological polar surface area (TPSA) is 47.9 Å². The Morgan fingerprint density at radius 1 is 1.14 bits per heavy atom. The monoisotopic (exact) mass is 320 g/mol. The summed E-state index contributed by atoms with van der Waals surface area (Å²) >= 11 is 0. The lowest BCUT2D eigenvalue weighted by Gasteiger charge is -2.42. The predicted molar refractivity (Wildman–Crippen MR) is 72.0 cm³/mol. The summed E-state index contributed by atoms with van der Waals surface area (Å²) in [4.78, 5) is 4.37. The molecule has 0 fully saturated rings. The van der Waals surface area contributed by atoms with Gasteiger partial charge in [-0.1, -0.05) is 45.0 Å². The number of benzene rings is 1. The van der Waals surface area contributed by atoms with Crippen molar-refractivity contribution < 1.29 is 32.8 Å². The van der Waals surface area contributed by atoms with E-state index in [4.69, 9.17) is 14.7 Å². The lowest BCUT2D eigenvalue weighted by atomic mass is 9.73. The summed E-state index contributed by atoms with van der Waals surface area (Å²) in [6.45, 7) is 4.35. The molecule has 0 aliphatic carbocycles. The van der Waals surface area contributed by atoms with Crippen molar-refractivity contribution in [1.29, 1.82) is 0 Å². The number of hydrogen-bond acceptors (Lipinski definition) is 4. The Hall–Kier alpha value is -1.15. The Morgan fingerprint density at radius 2 is 1.73 bits per heavy atom. The Labute approximate surface area is 126 Å². The van der Waals surface area contributed by atoms with Crippen LogP contribution in [0.4, 0.5) is 13.2 Å². The van der Waals surface area contributed by atoms with Crippen LogP contribution in [0.3, 0.4) is 0 Å². The van der Waals surface area contributed by atoms with E-state index in [9.17, 15) is 13.2 Å². The standard InChI is InChI=1S/C15H19F3O4/c1-14(2,3)11-9-6-4-5-7-10(9)12(21-13(11)22-19)20-8-15(16,17)18/h4-7,11-13,19H,8H2,1-3H3/t11-,12+,13+/m0/s1. The van der Waals surface area contributed by atoms with Gasteiger partial charge in [-0.25, -0.2) is 10.1 Å². The van der Waals surface area contributed by atoms with Crippen LogP contribution < -0.4 is 0 Å². The molecule has 2 rings (SSSR count). The normalized spacial score (nSPS) is 25.9. The van der Waals surface area contributed by atoms with Crippen molar-refractivity contribution in [3.63, 3.8) is 0 Å². The summed E-state index contributed by atoms with van der Waals surface area (Å²) in [7, 11) is 0. The maximum absolute atomic E-state index is 12.4. The summed E-state index contributed by atoms with van der Waals surface area (Å²) < 4.78 is 47.3. The molecule has 0 aromatic heterocycles. The first-order valence-electron chi connectivity index (χ1n) is 6.86. The molecule has 1 heterocycles. The van der Waals surface area contributed by atoms with E-state index in [1.807, 2.05) is 20.8 Å². The first kappa shape index (κ1) is 17.2. The Morgan fingerprint density at radius 3 is 2.23 bits per heavy atom. The molecule has 124 valence electrons. The highest BCUT2D eigenvalue weighted by molar-refractivity contribution is 5.35. The molecule has 22 heavy (non-hydrogen) atoms. The van der Waals surface area contributed by atoms with Crippen molar-refractivity contribution in [2.24, 2.45) is 5.41 Å². The van der Waals surface area contributed by atoms with Gasteiger partial charge in [-0.3, -0.25) is 0 Å². The molecule has 0 saturated heterocycles. The van der Waals surface area contributed by atoms with Crippen molar-refractivity contribution >= 4 is 0 Å². The number of fused-ring (bicyclic) bond motifs is 1. The second kappa shape index (κ2) is 6.16. The quantitative estimate of drug-likeness (QED) is 0.668. The fourth-order valence-electron chi connectivity index (χ4n) is 2.69. The van der Waals surface area contributed by atoms with E-state index in [2.05, 4.69) is 4.89 Å². The molecule has 1 aliphatic heterocycles. The number of halogens is 3. The average molecular weight is 320 g/mol. The highest BCUT2D eigenvalue weighted by Crippen LogP contribution is 2.47. The Balaban J connectivity index is 2.35. The third-order valence-electron chi connectivity index (χ3n) is 3.55. The van der Waals surface area contributed by atoms with Gasteiger partial charge >= 0.3 is 6.18 Å². The summed E-state index contributed by atoms with van der Waals surface area (Å²) in [5, 5.41) is 9.09. The molecule has 0 saturated carbocycles. The lowest BCUT2D eigenvalue weighted by molar-refractivity contribution is -0.395. The average Bonchev–Trinajstić information content (AvgIpc) is 2.41. The van der Waals surface area contributed by atoms with Crippen LogP contribution in [0.5, 0.6) is 0 Å². The van der Waals surface area contributed by atoms with Gasteiger partial charge in [0, 0.05) is 11.5 Å². The molecule has 1 aromatic rings. The van der Waals surface area contributed by atoms with Gasteiger partial charge in [-0.05, 0) is 11.0 Å². The van der Waals surface area contributed by atoms with E-state index in [0.717, 1.165) is 5.56 Å². The molecular formula is C15H19F3O4. The third kappa shape index (κ3) is 3.78. The van der Waals surface area contributed by atoms with Crippen LogP contribution in [-0.2, 0) is 14.4 Å². The SMILES string of the molecule is CC(C)(C)[C@H]1c2ccccc2[C@H](OCC(F)(F)F)O[C@@H]1OO. The molecule has 1 N–H and O–H groups in total. The summed E-state index contributed by atoms with van der Waals surface area (Å²) in [5.41, 5.74) is 0.922. The Bertz CT molecular complexity index is 510. The van der Waals surface area contributed by atoms with E-state index in [1.54, 1.807) is 24.3 Å². The first-order valence-corrected chi connectivity index (χ1v) is 6.86. The third-order valence-corrected chi connectivity index (χ3v) is 3.55. The molecule has 0 radical (unpaired) electrons. The second-order valence-corrected chi connectivity index (χ2v) is 6.34. The maximum Gasteiger partial charge on any atom is 0.411 e. The van der Waals surface area contributed by atoms with Crippen molar-refractivity contribution in [2.45, 2.75) is 45.4 Å². The van der Waals surface area contributed by atoms with E-state index in [1.165, 1.54) is 0 Å². The maximum atomic E-state index is 12.4. The number of rotatable bonds is 3. The summed E-state index contributed by atoms with van der Waals surface area (Å²) in [5.74, 6) is -0.348. The molecule has 0 spiro atoms. The molecule has 1 aliphatic rings. The van der Waals surface area contributed by atoms with Crippen LogP contribution in [0.15, 0.2) is 24.3 Å². The van der Waals surface area contributed by atoms with Crippen LogP contribution in [0, 0.1) is 5.41 Å². The van der Waals surface area contributed by atoms with Crippen molar-refractivity contribution in [1.82, 2.24) is 0 Å². The molecule has 0 amide bonds. The number of ether oxygens (including phenoxy) is 2. The zero-order chi connectivity index (χ0) is 16.5. The van der Waals surface area contributed by atoms with Crippen LogP contribution >= 0.6 is 0 Å². The van der Waals surface area contributed by atoms with E-state index in [-0.39, 0.29) is 11.3 Å². The molecule has 4 nitrogen and oxygen atoms in total. The largest absolute Gasteiger partial charge is 0.411 e. The number of hydrogen-bond donors (Lipinski definition) is 1. The highest BCUT2D eigenvalue weighted by atomic mass is 19.4. The lowest BCUT2D eigenvalue weighted by Crippen LogP contribution is -2.40. The van der Waals surface area contributed by atoms with Gasteiger partial charge in [0.15, 0.2) is 6.29 Å². The van der Waals surface area contributed by atoms with Gasteiger partial charge in [-0.2, -0.15) is 13.2 Å². The van der Waals surface area contributed by atoms with Gasteiger partial charge in [0.1, 0.15) is 6.61 Å². The van der Waals surface area contributed by atoms with E-state index in [0.29, 0.717) is 5.56 Å². The van der Waals surface area contributed by atoms with Crippen molar-refractivity contribution in [3.8, 4) is 0 Å². The molecule has 7 heteroatoms. The minimum Gasteiger partial charge on any atom is -0.339 e. The smallest absolute Gasteiger partial charge is 0.339 e. The van der Waals surface area contributed by atoms with Gasteiger partial charge in [-0.15, -0.1) is 0 Å². The van der Waals surface area contributed by atoms with Gasteiger partial charge in [0.25, 0.3) is 0 Å². The molecule has 0 bridgehead atoms. The van der Waals surface area contributed by atoms with Crippen LogP contribution in [-0.4, -0.2) is 24.3 Å². The Kier molecular flexibility index (Phi) is 4.81. The van der Waals surface area contributed by atoms with E-state index < -0.39 is 25.4 Å². The van der Waals surface area contributed by atoms with Gasteiger partial charge in [0.05, 0.1) is 0 Å². The minimum absolute atomic E-state index is 0.335. The molecule has 3 atom stereocenters. The summed E-state index contributed by atoms with van der Waals surface area (Å²) in [6.07, 6.45) is -6.81. The molecular weight excluding hydrogens is 301 g/mol. The minimum atomic E-state index is -4.46. The van der Waals surface area contributed by atoms with Gasteiger partial charge in [0.2, 0.25) is 6.29 Å². The van der Waals surface area contributed by atoms with Crippen LogP contribution in [0.2, 0.25) is 0 Å². The fraction of sp³-hybridized carbons (Fsp3) is 0.600. The highest BCUT2D eigenvalue weighted by Gasteiger charge is 2.44. The fourth-order valence-corrected chi connectivity index (χ4v) is 2.69.